The monoisotopic (exact) mass is 403 g/mol. The van der Waals surface area contributed by atoms with Gasteiger partial charge in [-0.25, -0.2) is 0 Å². The van der Waals surface area contributed by atoms with Crippen LogP contribution in [0.2, 0.25) is 5.02 Å². The van der Waals surface area contributed by atoms with Crippen molar-refractivity contribution in [3.63, 3.8) is 0 Å². The van der Waals surface area contributed by atoms with Crippen LogP contribution in [0.4, 0.5) is 0 Å². The molecule has 140 valence electrons. The molecule has 0 unspecified atom stereocenters. The minimum absolute atomic E-state index is 0.0680. The first-order valence-corrected chi connectivity index (χ1v) is 9.65. The predicted molar refractivity (Wildman–Crippen MR) is 104 cm³/mol. The van der Waals surface area contributed by atoms with Crippen LogP contribution >= 0.6 is 23.4 Å². The lowest BCUT2D eigenvalue weighted by molar-refractivity contribution is -0.119. The Morgan fingerprint density at radius 3 is 2.70 bits per heavy atom. The Balaban J connectivity index is 1.45. The Hall–Kier alpha value is -2.51. The van der Waals surface area contributed by atoms with Crippen molar-refractivity contribution in [2.24, 2.45) is 0 Å². The fourth-order valence-electron chi connectivity index (χ4n) is 2.29. The number of carbonyl (C=O) groups excluding carboxylic acids is 1. The number of nitrogens with zero attached hydrogens (tertiary/aromatic N) is 2. The number of benzene rings is 2. The highest BCUT2D eigenvalue weighted by atomic mass is 35.5. The zero-order valence-electron chi connectivity index (χ0n) is 14.6. The molecule has 0 bridgehead atoms. The summed E-state index contributed by atoms with van der Waals surface area (Å²) in [6.07, 6.45) is 0. The largest absolute Gasteiger partial charge is 0.482 e. The second kappa shape index (κ2) is 9.43. The van der Waals surface area contributed by atoms with Gasteiger partial charge in [-0.1, -0.05) is 65.8 Å². The number of hydrogen-bond donors (Lipinski definition) is 1. The number of hydrogen-bond acceptors (Lipinski definition) is 6. The van der Waals surface area contributed by atoms with Gasteiger partial charge >= 0.3 is 0 Å². The van der Waals surface area contributed by atoms with Gasteiger partial charge in [0.05, 0.1) is 16.8 Å². The normalized spacial score (nSPS) is 11.8. The van der Waals surface area contributed by atoms with E-state index >= 15 is 0 Å². The first-order valence-electron chi connectivity index (χ1n) is 8.28. The van der Waals surface area contributed by atoms with Crippen LogP contribution in [0.15, 0.2) is 64.2 Å². The van der Waals surface area contributed by atoms with Gasteiger partial charge in [0.2, 0.25) is 5.91 Å². The van der Waals surface area contributed by atoms with Crippen LogP contribution in [0.1, 0.15) is 24.4 Å². The standard InChI is InChI=1S/C19H18ClN3O3S/c1-13(14-7-3-2-4-8-14)21-17(24)12-27-19-23-22-18(26-19)11-25-16-10-6-5-9-15(16)20/h2-10,13H,11-12H2,1H3,(H,21,24)/t13-/m0/s1. The van der Waals surface area contributed by atoms with Crippen molar-refractivity contribution < 1.29 is 13.9 Å². The van der Waals surface area contributed by atoms with E-state index in [4.69, 9.17) is 20.8 Å². The van der Waals surface area contributed by atoms with Crippen molar-refractivity contribution in [3.8, 4) is 5.75 Å². The SMILES string of the molecule is C[C@H](NC(=O)CSc1nnc(COc2ccccc2Cl)o1)c1ccccc1. The molecule has 0 saturated heterocycles. The average Bonchev–Trinajstić information content (AvgIpc) is 3.14. The molecule has 1 aromatic heterocycles. The van der Waals surface area contributed by atoms with E-state index in [9.17, 15) is 4.79 Å². The van der Waals surface area contributed by atoms with Gasteiger partial charge < -0.3 is 14.5 Å². The summed E-state index contributed by atoms with van der Waals surface area (Å²) in [4.78, 5) is 12.1. The van der Waals surface area contributed by atoms with Gasteiger partial charge in [0.15, 0.2) is 6.61 Å². The molecule has 0 radical (unpaired) electrons. The summed E-state index contributed by atoms with van der Waals surface area (Å²) in [5, 5.41) is 11.6. The van der Waals surface area contributed by atoms with E-state index in [1.165, 1.54) is 11.8 Å². The van der Waals surface area contributed by atoms with Gasteiger partial charge in [-0.15, -0.1) is 10.2 Å². The summed E-state index contributed by atoms with van der Waals surface area (Å²) in [7, 11) is 0. The molecule has 2 aromatic carbocycles. The van der Waals surface area contributed by atoms with Gasteiger partial charge in [0, 0.05) is 0 Å². The maximum Gasteiger partial charge on any atom is 0.277 e. The molecule has 0 fully saturated rings. The second-order valence-corrected chi connectivity index (χ2v) is 7.00. The molecule has 1 atom stereocenters. The third-order valence-corrected chi connectivity index (χ3v) is 4.77. The highest BCUT2D eigenvalue weighted by Crippen LogP contribution is 2.24. The third-order valence-electron chi connectivity index (χ3n) is 3.64. The van der Waals surface area contributed by atoms with Crippen LogP contribution in [0.25, 0.3) is 0 Å². The zero-order chi connectivity index (χ0) is 19.1. The fourth-order valence-corrected chi connectivity index (χ4v) is 3.07. The van der Waals surface area contributed by atoms with E-state index < -0.39 is 0 Å². The fraction of sp³-hybridized carbons (Fsp3) is 0.211. The molecule has 0 aliphatic heterocycles. The number of nitrogens with one attached hydrogen (secondary N) is 1. The van der Waals surface area contributed by atoms with Crippen molar-refractivity contribution in [3.05, 3.63) is 71.1 Å². The molecule has 0 saturated carbocycles. The molecule has 0 spiro atoms. The summed E-state index contributed by atoms with van der Waals surface area (Å²) in [5.74, 6) is 0.934. The highest BCUT2D eigenvalue weighted by molar-refractivity contribution is 7.99. The Labute approximate surface area is 166 Å². The third kappa shape index (κ3) is 5.74. The lowest BCUT2D eigenvalue weighted by atomic mass is 10.1. The van der Waals surface area contributed by atoms with E-state index in [0.717, 1.165) is 5.56 Å². The first kappa shape index (κ1) is 19.3. The number of amides is 1. The number of para-hydroxylation sites is 1. The molecule has 0 aliphatic rings. The molecule has 27 heavy (non-hydrogen) atoms. The average molecular weight is 404 g/mol. The minimum atomic E-state index is -0.108. The first-order chi connectivity index (χ1) is 13.1. The number of thioether (sulfide) groups is 1. The van der Waals surface area contributed by atoms with E-state index in [1.807, 2.05) is 49.4 Å². The Morgan fingerprint density at radius 1 is 1.19 bits per heavy atom. The van der Waals surface area contributed by atoms with Crippen LogP contribution in [-0.4, -0.2) is 21.9 Å². The zero-order valence-corrected chi connectivity index (χ0v) is 16.2. The van der Waals surface area contributed by atoms with Crippen LogP contribution in [0.5, 0.6) is 5.75 Å². The maximum atomic E-state index is 12.1. The topological polar surface area (TPSA) is 77.2 Å². The molecule has 1 amide bonds. The van der Waals surface area contributed by atoms with E-state index in [1.54, 1.807) is 12.1 Å². The maximum absolute atomic E-state index is 12.1. The second-order valence-electron chi connectivity index (χ2n) is 5.67. The highest BCUT2D eigenvalue weighted by Gasteiger charge is 2.13. The molecular formula is C19H18ClN3O3S. The molecule has 1 heterocycles. The van der Waals surface area contributed by atoms with Gasteiger partial charge in [-0.2, -0.15) is 0 Å². The molecule has 1 N–H and O–H groups in total. The van der Waals surface area contributed by atoms with Crippen molar-refractivity contribution >= 4 is 29.3 Å². The van der Waals surface area contributed by atoms with Crippen molar-refractivity contribution in [2.45, 2.75) is 24.8 Å². The van der Waals surface area contributed by atoms with Crippen LogP contribution in [0, 0.1) is 0 Å². The predicted octanol–water partition coefficient (Wildman–Crippen LogP) is 4.27. The Bertz CT molecular complexity index is 889. The summed E-state index contributed by atoms with van der Waals surface area (Å²) in [5.41, 5.74) is 1.05. The molecule has 6 nitrogen and oxygen atoms in total. The number of rotatable bonds is 8. The van der Waals surface area contributed by atoms with E-state index in [2.05, 4.69) is 15.5 Å². The Kier molecular flexibility index (Phi) is 6.73. The molecule has 3 rings (SSSR count). The van der Waals surface area contributed by atoms with Gasteiger partial charge in [-0.05, 0) is 24.6 Å². The smallest absolute Gasteiger partial charge is 0.277 e. The molecular weight excluding hydrogens is 386 g/mol. The van der Waals surface area contributed by atoms with E-state index in [0.29, 0.717) is 21.9 Å². The summed E-state index contributed by atoms with van der Waals surface area (Å²) >= 11 is 7.20. The van der Waals surface area contributed by atoms with Gasteiger partial charge in [-0.3, -0.25) is 4.79 Å². The molecule has 0 aliphatic carbocycles. The number of carbonyl (C=O) groups is 1. The van der Waals surface area contributed by atoms with Gasteiger partial charge in [0.25, 0.3) is 11.1 Å². The molecule has 3 aromatic rings. The summed E-state index contributed by atoms with van der Waals surface area (Å²) < 4.78 is 11.0. The van der Waals surface area contributed by atoms with E-state index in [-0.39, 0.29) is 24.3 Å². The van der Waals surface area contributed by atoms with Gasteiger partial charge in [0.1, 0.15) is 5.75 Å². The quantitative estimate of drug-likeness (QED) is 0.566. The van der Waals surface area contributed by atoms with Crippen molar-refractivity contribution in [1.29, 1.82) is 0 Å². The summed E-state index contributed by atoms with van der Waals surface area (Å²) in [6, 6.07) is 16.8. The van der Waals surface area contributed by atoms with Crippen molar-refractivity contribution in [2.75, 3.05) is 5.75 Å². The van der Waals surface area contributed by atoms with Crippen LogP contribution in [-0.2, 0) is 11.4 Å². The summed E-state index contributed by atoms with van der Waals surface area (Å²) in [6.45, 7) is 2.04. The lowest BCUT2D eigenvalue weighted by Crippen LogP contribution is -2.28. The van der Waals surface area contributed by atoms with Crippen molar-refractivity contribution in [1.82, 2.24) is 15.5 Å². The Morgan fingerprint density at radius 2 is 1.93 bits per heavy atom. The number of ether oxygens (including phenoxy) is 1. The number of aromatic nitrogens is 2. The van der Waals surface area contributed by atoms with Crippen LogP contribution < -0.4 is 10.1 Å². The number of halogens is 1. The molecule has 8 heteroatoms. The minimum Gasteiger partial charge on any atom is -0.482 e. The van der Waals surface area contributed by atoms with Crippen LogP contribution in [0.3, 0.4) is 0 Å². The lowest BCUT2D eigenvalue weighted by Gasteiger charge is -2.13.